The molecule has 0 unspecified atom stereocenters. The van der Waals surface area contributed by atoms with Gasteiger partial charge in [-0.15, -0.1) is 0 Å². The number of ether oxygens (including phenoxy) is 1. The summed E-state index contributed by atoms with van der Waals surface area (Å²) in [5, 5.41) is 0. The van der Waals surface area contributed by atoms with E-state index in [2.05, 4.69) is 24.3 Å². The Morgan fingerprint density at radius 1 is 1.11 bits per heavy atom. The summed E-state index contributed by atoms with van der Waals surface area (Å²) in [7, 11) is 0. The maximum Gasteiger partial charge on any atom is 0.409 e. The lowest BCUT2D eigenvalue weighted by molar-refractivity contribution is 0.210. The molecule has 3 heteroatoms. The molecule has 0 spiro atoms. The van der Waals surface area contributed by atoms with Crippen molar-refractivity contribution in [1.29, 1.82) is 0 Å². The van der Waals surface area contributed by atoms with Gasteiger partial charge in [0.2, 0.25) is 0 Å². The summed E-state index contributed by atoms with van der Waals surface area (Å²) < 4.78 is 4.98. The summed E-state index contributed by atoms with van der Waals surface area (Å²) in [4.78, 5) is 10.8. The Bertz CT molecular complexity index is 547. The van der Waals surface area contributed by atoms with Crippen molar-refractivity contribution in [1.82, 2.24) is 0 Å². The number of carbonyl (C=O) groups is 1. The van der Waals surface area contributed by atoms with Crippen molar-refractivity contribution in [2.75, 3.05) is 0 Å². The Morgan fingerprint density at radius 2 is 1.78 bits per heavy atom. The predicted octanol–water partition coefficient (Wildman–Crippen LogP) is 3.04. The Labute approximate surface area is 106 Å². The second-order valence-corrected chi connectivity index (χ2v) is 4.19. The number of aryl methyl sites for hydroxylation is 1. The zero-order valence-electron chi connectivity index (χ0n) is 10.2. The molecule has 1 amide bonds. The van der Waals surface area contributed by atoms with Gasteiger partial charge in [0.15, 0.2) is 0 Å². The lowest BCUT2D eigenvalue weighted by Crippen LogP contribution is -2.17. The first-order valence-corrected chi connectivity index (χ1v) is 5.76. The number of benzene rings is 2. The summed E-state index contributed by atoms with van der Waals surface area (Å²) in [6.07, 6.45) is -0.0737. The standard InChI is InChI=1S/C15H15NO2/c1-11-6-8-12(9-7-11)10-13-4-2-3-5-14(13)18-15(16)17/h2-9H,10H2,1H3,(H2,16,17). The Morgan fingerprint density at radius 3 is 2.44 bits per heavy atom. The molecule has 0 saturated carbocycles. The van der Waals surface area contributed by atoms with Crippen LogP contribution in [0.15, 0.2) is 48.5 Å². The minimum atomic E-state index is -0.786. The Balaban J connectivity index is 2.23. The van der Waals surface area contributed by atoms with Crippen LogP contribution in [0.5, 0.6) is 5.75 Å². The highest BCUT2D eigenvalue weighted by Gasteiger charge is 2.06. The summed E-state index contributed by atoms with van der Waals surface area (Å²) in [5.74, 6) is 0.519. The number of rotatable bonds is 3. The molecule has 2 rings (SSSR count). The molecule has 0 fully saturated rings. The molecule has 0 heterocycles. The van der Waals surface area contributed by atoms with Crippen LogP contribution in [-0.2, 0) is 6.42 Å². The van der Waals surface area contributed by atoms with Crippen LogP contribution in [0.2, 0.25) is 0 Å². The first-order valence-electron chi connectivity index (χ1n) is 5.76. The van der Waals surface area contributed by atoms with Crippen molar-refractivity contribution in [3.05, 3.63) is 65.2 Å². The van der Waals surface area contributed by atoms with Gasteiger partial charge in [0.1, 0.15) is 5.75 Å². The lowest BCUT2D eigenvalue weighted by atomic mass is 10.0. The third-order valence-electron chi connectivity index (χ3n) is 2.70. The van der Waals surface area contributed by atoms with E-state index in [4.69, 9.17) is 10.5 Å². The van der Waals surface area contributed by atoms with Gasteiger partial charge in [-0.25, -0.2) is 4.79 Å². The van der Waals surface area contributed by atoms with E-state index in [1.807, 2.05) is 25.1 Å². The fourth-order valence-electron chi connectivity index (χ4n) is 1.78. The van der Waals surface area contributed by atoms with Crippen molar-refractivity contribution in [2.24, 2.45) is 5.73 Å². The summed E-state index contributed by atoms with van der Waals surface area (Å²) in [6.45, 7) is 2.05. The number of hydrogen-bond donors (Lipinski definition) is 1. The van der Waals surface area contributed by atoms with Crippen LogP contribution in [0.1, 0.15) is 16.7 Å². The van der Waals surface area contributed by atoms with Gasteiger partial charge in [0, 0.05) is 6.42 Å². The van der Waals surface area contributed by atoms with Crippen molar-refractivity contribution < 1.29 is 9.53 Å². The Kier molecular flexibility index (Phi) is 3.63. The summed E-state index contributed by atoms with van der Waals surface area (Å²) in [6, 6.07) is 15.7. The van der Waals surface area contributed by atoms with Crippen molar-refractivity contribution in [3.63, 3.8) is 0 Å². The molecule has 92 valence electrons. The molecule has 2 aromatic rings. The van der Waals surface area contributed by atoms with Gasteiger partial charge in [-0.3, -0.25) is 0 Å². The van der Waals surface area contributed by atoms with Crippen LogP contribution >= 0.6 is 0 Å². The lowest BCUT2D eigenvalue weighted by Gasteiger charge is -2.08. The van der Waals surface area contributed by atoms with Crippen LogP contribution in [-0.4, -0.2) is 6.09 Å². The third-order valence-corrected chi connectivity index (χ3v) is 2.70. The minimum Gasteiger partial charge on any atom is -0.410 e. The van der Waals surface area contributed by atoms with E-state index in [0.717, 1.165) is 5.56 Å². The van der Waals surface area contributed by atoms with E-state index in [1.54, 1.807) is 6.07 Å². The first kappa shape index (κ1) is 12.2. The normalized spacial score (nSPS) is 10.1. The fourth-order valence-corrected chi connectivity index (χ4v) is 1.78. The average Bonchev–Trinajstić information content (AvgIpc) is 2.34. The smallest absolute Gasteiger partial charge is 0.409 e. The summed E-state index contributed by atoms with van der Waals surface area (Å²) in [5.41, 5.74) is 8.38. The van der Waals surface area contributed by atoms with Crippen LogP contribution in [0.25, 0.3) is 0 Å². The maximum atomic E-state index is 10.8. The van der Waals surface area contributed by atoms with Gasteiger partial charge in [-0.2, -0.15) is 0 Å². The van der Waals surface area contributed by atoms with E-state index < -0.39 is 6.09 Å². The second kappa shape index (κ2) is 5.36. The molecule has 0 aliphatic carbocycles. The molecule has 0 aromatic heterocycles. The zero-order chi connectivity index (χ0) is 13.0. The van der Waals surface area contributed by atoms with Crippen LogP contribution in [0.4, 0.5) is 4.79 Å². The second-order valence-electron chi connectivity index (χ2n) is 4.19. The fraction of sp³-hybridized carbons (Fsp3) is 0.133. The molecule has 0 aliphatic heterocycles. The topological polar surface area (TPSA) is 52.3 Å². The highest BCUT2D eigenvalue weighted by molar-refractivity contribution is 5.68. The quantitative estimate of drug-likeness (QED) is 0.897. The van der Waals surface area contributed by atoms with Crippen molar-refractivity contribution in [3.8, 4) is 5.75 Å². The predicted molar refractivity (Wildman–Crippen MR) is 70.6 cm³/mol. The van der Waals surface area contributed by atoms with E-state index in [0.29, 0.717) is 12.2 Å². The molecule has 0 radical (unpaired) electrons. The third kappa shape index (κ3) is 3.10. The minimum absolute atomic E-state index is 0.519. The molecule has 2 aromatic carbocycles. The molecular formula is C15H15NO2. The van der Waals surface area contributed by atoms with E-state index in [1.165, 1.54) is 11.1 Å². The van der Waals surface area contributed by atoms with Crippen molar-refractivity contribution in [2.45, 2.75) is 13.3 Å². The number of primary amides is 1. The highest BCUT2D eigenvalue weighted by atomic mass is 16.5. The zero-order valence-corrected chi connectivity index (χ0v) is 10.2. The highest BCUT2D eigenvalue weighted by Crippen LogP contribution is 2.21. The molecule has 2 N–H and O–H groups in total. The molecule has 0 saturated heterocycles. The van der Waals surface area contributed by atoms with Gasteiger partial charge in [0.05, 0.1) is 0 Å². The number of para-hydroxylation sites is 1. The molecule has 3 nitrogen and oxygen atoms in total. The van der Waals surface area contributed by atoms with Gasteiger partial charge in [0.25, 0.3) is 0 Å². The van der Waals surface area contributed by atoms with Gasteiger partial charge < -0.3 is 10.5 Å². The molecule has 0 atom stereocenters. The summed E-state index contributed by atoms with van der Waals surface area (Å²) >= 11 is 0. The van der Waals surface area contributed by atoms with Gasteiger partial charge in [-0.1, -0.05) is 48.0 Å². The van der Waals surface area contributed by atoms with E-state index in [-0.39, 0.29) is 0 Å². The van der Waals surface area contributed by atoms with Crippen LogP contribution in [0.3, 0.4) is 0 Å². The van der Waals surface area contributed by atoms with Crippen LogP contribution in [0, 0.1) is 6.92 Å². The first-order chi connectivity index (χ1) is 8.65. The molecule has 18 heavy (non-hydrogen) atoms. The van der Waals surface area contributed by atoms with Crippen LogP contribution < -0.4 is 10.5 Å². The maximum absolute atomic E-state index is 10.8. The SMILES string of the molecule is Cc1ccc(Cc2ccccc2OC(N)=O)cc1. The van der Waals surface area contributed by atoms with Gasteiger partial charge >= 0.3 is 6.09 Å². The number of amides is 1. The molecule has 0 aliphatic rings. The number of hydrogen-bond acceptors (Lipinski definition) is 2. The molecular weight excluding hydrogens is 226 g/mol. The van der Waals surface area contributed by atoms with Crippen molar-refractivity contribution >= 4 is 6.09 Å². The Hall–Kier alpha value is -2.29. The van der Waals surface area contributed by atoms with E-state index >= 15 is 0 Å². The number of carbonyl (C=O) groups excluding carboxylic acids is 1. The van der Waals surface area contributed by atoms with E-state index in [9.17, 15) is 4.79 Å². The molecule has 0 bridgehead atoms. The largest absolute Gasteiger partial charge is 0.410 e. The average molecular weight is 241 g/mol. The number of nitrogens with two attached hydrogens (primary N) is 1. The van der Waals surface area contributed by atoms with Gasteiger partial charge in [-0.05, 0) is 24.1 Å². The monoisotopic (exact) mass is 241 g/mol.